The molecule has 1 unspecified atom stereocenters. The third-order valence-corrected chi connectivity index (χ3v) is 4.47. The van der Waals surface area contributed by atoms with Crippen molar-refractivity contribution < 1.29 is 9.90 Å². The van der Waals surface area contributed by atoms with E-state index in [1.54, 1.807) is 0 Å². The van der Waals surface area contributed by atoms with Crippen LogP contribution in [0.25, 0.3) is 0 Å². The first kappa shape index (κ1) is 10.8. The summed E-state index contributed by atoms with van der Waals surface area (Å²) >= 11 is 0. The Balaban J connectivity index is 2.02. The minimum atomic E-state index is -0.104. The number of carbonyl (C=O) groups excluding carboxylic acids is 1. The molecule has 0 radical (unpaired) electrons. The second kappa shape index (κ2) is 3.10. The summed E-state index contributed by atoms with van der Waals surface area (Å²) in [6, 6.07) is 6.08. The predicted octanol–water partition coefficient (Wildman–Crippen LogP) is 1.84. The second-order valence-electron chi connectivity index (χ2n) is 5.90. The lowest BCUT2D eigenvalue weighted by Gasteiger charge is -2.19. The highest BCUT2D eigenvalue weighted by atomic mass is 16.3. The monoisotopic (exact) mass is 231 g/mol. The molecule has 0 saturated heterocycles. The maximum atomic E-state index is 11.3. The van der Waals surface area contributed by atoms with Crippen LogP contribution in [0.3, 0.4) is 0 Å². The Bertz CT molecular complexity index is 507. The van der Waals surface area contributed by atoms with Crippen molar-refractivity contribution in [1.29, 1.82) is 0 Å². The molecule has 1 aliphatic heterocycles. The van der Waals surface area contributed by atoms with Crippen LogP contribution in [0.4, 0.5) is 5.69 Å². The van der Waals surface area contributed by atoms with Gasteiger partial charge >= 0.3 is 0 Å². The molecule has 2 aliphatic rings. The average Bonchev–Trinajstić information content (AvgIpc) is 2.65. The van der Waals surface area contributed by atoms with Gasteiger partial charge in [0.25, 0.3) is 0 Å². The van der Waals surface area contributed by atoms with Crippen LogP contribution in [0, 0.1) is 5.41 Å². The van der Waals surface area contributed by atoms with Crippen molar-refractivity contribution in [3.63, 3.8) is 0 Å². The van der Waals surface area contributed by atoms with Crippen LogP contribution >= 0.6 is 0 Å². The number of aliphatic hydroxyl groups excluding tert-OH is 1. The van der Waals surface area contributed by atoms with Gasteiger partial charge in [0, 0.05) is 11.1 Å². The number of hydrogen-bond donors (Lipinski definition) is 2. The standard InChI is InChI=1S/C14H17NO2/c1-13(2)7-14(13,8-16)10-3-4-11-9(5-10)6-12(17)15-11/h3-5,16H,6-8H2,1-2H3,(H,15,17). The smallest absolute Gasteiger partial charge is 0.228 e. The highest BCUT2D eigenvalue weighted by Gasteiger charge is 2.61. The van der Waals surface area contributed by atoms with E-state index >= 15 is 0 Å². The fourth-order valence-corrected chi connectivity index (χ4v) is 3.09. The van der Waals surface area contributed by atoms with E-state index in [2.05, 4.69) is 25.2 Å². The Morgan fingerprint density at radius 3 is 2.71 bits per heavy atom. The van der Waals surface area contributed by atoms with Crippen molar-refractivity contribution >= 4 is 11.6 Å². The van der Waals surface area contributed by atoms with Gasteiger partial charge in [-0.15, -0.1) is 0 Å². The minimum Gasteiger partial charge on any atom is -0.395 e. The van der Waals surface area contributed by atoms with Gasteiger partial charge in [-0.1, -0.05) is 26.0 Å². The van der Waals surface area contributed by atoms with Gasteiger partial charge in [-0.25, -0.2) is 0 Å². The molecule has 1 aliphatic carbocycles. The summed E-state index contributed by atoms with van der Waals surface area (Å²) in [6.45, 7) is 4.54. The van der Waals surface area contributed by atoms with Gasteiger partial charge < -0.3 is 10.4 Å². The lowest BCUT2D eigenvalue weighted by Crippen LogP contribution is -2.19. The van der Waals surface area contributed by atoms with E-state index < -0.39 is 0 Å². The van der Waals surface area contributed by atoms with E-state index in [0.717, 1.165) is 17.7 Å². The Kier molecular flexibility index (Phi) is 1.97. The number of fused-ring (bicyclic) bond motifs is 1. The minimum absolute atomic E-state index is 0.0604. The number of nitrogens with one attached hydrogen (secondary N) is 1. The molecule has 1 saturated carbocycles. The molecular weight excluding hydrogens is 214 g/mol. The molecular formula is C14H17NO2. The fourth-order valence-electron chi connectivity index (χ4n) is 3.09. The maximum Gasteiger partial charge on any atom is 0.228 e. The molecule has 1 aromatic carbocycles. The summed E-state index contributed by atoms with van der Waals surface area (Å²) in [5, 5.41) is 12.5. The lowest BCUT2D eigenvalue weighted by atomic mass is 9.87. The van der Waals surface area contributed by atoms with E-state index in [4.69, 9.17) is 0 Å². The van der Waals surface area contributed by atoms with Crippen LogP contribution in [0.2, 0.25) is 0 Å². The van der Waals surface area contributed by atoms with E-state index in [0.29, 0.717) is 6.42 Å². The van der Waals surface area contributed by atoms with E-state index in [9.17, 15) is 9.90 Å². The van der Waals surface area contributed by atoms with Crippen molar-refractivity contribution in [2.75, 3.05) is 11.9 Å². The Morgan fingerprint density at radius 2 is 2.12 bits per heavy atom. The summed E-state index contributed by atoms with van der Waals surface area (Å²) in [6.07, 6.45) is 1.47. The van der Waals surface area contributed by atoms with E-state index in [1.807, 2.05) is 12.1 Å². The SMILES string of the molecule is CC1(C)CC1(CO)c1ccc2c(c1)CC(=O)N2. The van der Waals surface area contributed by atoms with Crippen molar-refractivity contribution in [3.8, 4) is 0 Å². The summed E-state index contributed by atoms with van der Waals surface area (Å²) in [7, 11) is 0. The van der Waals surface area contributed by atoms with Crippen LogP contribution in [-0.2, 0) is 16.6 Å². The molecule has 0 aromatic heterocycles. The summed E-state index contributed by atoms with van der Waals surface area (Å²) in [4.78, 5) is 11.3. The van der Waals surface area contributed by atoms with E-state index in [1.165, 1.54) is 5.56 Å². The number of amides is 1. The van der Waals surface area contributed by atoms with Gasteiger partial charge in [0.2, 0.25) is 5.91 Å². The van der Waals surface area contributed by atoms with Crippen LogP contribution in [-0.4, -0.2) is 17.6 Å². The molecule has 90 valence electrons. The molecule has 3 rings (SSSR count). The second-order valence-corrected chi connectivity index (χ2v) is 5.90. The summed E-state index contributed by atoms with van der Waals surface area (Å²) < 4.78 is 0. The number of hydrogen-bond acceptors (Lipinski definition) is 2. The van der Waals surface area contributed by atoms with Gasteiger partial charge in [-0.3, -0.25) is 4.79 Å². The molecule has 2 N–H and O–H groups in total. The zero-order valence-corrected chi connectivity index (χ0v) is 10.2. The zero-order chi connectivity index (χ0) is 12.3. The van der Waals surface area contributed by atoms with Crippen molar-refractivity contribution in [1.82, 2.24) is 0 Å². The molecule has 1 amide bonds. The number of rotatable bonds is 2. The van der Waals surface area contributed by atoms with Crippen LogP contribution < -0.4 is 5.32 Å². The molecule has 1 heterocycles. The molecule has 0 bridgehead atoms. The molecule has 3 nitrogen and oxygen atoms in total. The van der Waals surface area contributed by atoms with Crippen molar-refractivity contribution in [2.45, 2.75) is 32.1 Å². The van der Waals surface area contributed by atoms with Gasteiger partial charge in [-0.2, -0.15) is 0 Å². The van der Waals surface area contributed by atoms with Crippen molar-refractivity contribution in [3.05, 3.63) is 29.3 Å². The number of aliphatic hydroxyl groups is 1. The van der Waals surface area contributed by atoms with Crippen molar-refractivity contribution in [2.24, 2.45) is 5.41 Å². The average molecular weight is 231 g/mol. The normalized spacial score (nSPS) is 28.8. The third kappa shape index (κ3) is 1.35. The quantitative estimate of drug-likeness (QED) is 0.816. The molecule has 1 aromatic rings. The molecule has 17 heavy (non-hydrogen) atoms. The Hall–Kier alpha value is -1.35. The van der Waals surface area contributed by atoms with Crippen LogP contribution in [0.5, 0.6) is 0 Å². The number of benzene rings is 1. The summed E-state index contributed by atoms with van der Waals surface area (Å²) in [5.41, 5.74) is 3.20. The molecule has 3 heteroatoms. The number of anilines is 1. The fraction of sp³-hybridized carbons (Fsp3) is 0.500. The first-order valence-electron chi connectivity index (χ1n) is 6.03. The van der Waals surface area contributed by atoms with Gasteiger partial charge in [0.05, 0.1) is 13.0 Å². The highest BCUT2D eigenvalue weighted by molar-refractivity contribution is 5.99. The third-order valence-electron chi connectivity index (χ3n) is 4.47. The first-order chi connectivity index (χ1) is 7.98. The molecule has 1 atom stereocenters. The van der Waals surface area contributed by atoms with Gasteiger partial charge in [0.1, 0.15) is 0 Å². The predicted molar refractivity (Wildman–Crippen MR) is 65.9 cm³/mol. The first-order valence-corrected chi connectivity index (χ1v) is 6.03. The Labute approximate surface area is 101 Å². The summed E-state index contributed by atoms with van der Waals surface area (Å²) in [5.74, 6) is 0.0604. The zero-order valence-electron chi connectivity index (χ0n) is 10.2. The number of carbonyl (C=O) groups is 1. The Morgan fingerprint density at radius 1 is 1.41 bits per heavy atom. The van der Waals surface area contributed by atoms with Crippen LogP contribution in [0.15, 0.2) is 18.2 Å². The largest absolute Gasteiger partial charge is 0.395 e. The molecule has 1 fully saturated rings. The highest BCUT2D eigenvalue weighted by Crippen LogP contribution is 2.64. The molecule has 0 spiro atoms. The topological polar surface area (TPSA) is 49.3 Å². The van der Waals surface area contributed by atoms with Gasteiger partial charge in [0.15, 0.2) is 0 Å². The van der Waals surface area contributed by atoms with E-state index in [-0.39, 0.29) is 23.3 Å². The lowest BCUT2D eigenvalue weighted by molar-refractivity contribution is -0.115. The maximum absolute atomic E-state index is 11.3. The van der Waals surface area contributed by atoms with Gasteiger partial charge in [-0.05, 0) is 29.0 Å². The van der Waals surface area contributed by atoms with Crippen LogP contribution in [0.1, 0.15) is 31.4 Å².